The van der Waals surface area contributed by atoms with E-state index in [9.17, 15) is 25.1 Å². The zero-order valence-electron chi connectivity index (χ0n) is 16.4. The van der Waals surface area contributed by atoms with Crippen molar-refractivity contribution in [3.63, 3.8) is 0 Å². The maximum atomic E-state index is 12.1. The molecule has 1 saturated heterocycles. The Kier molecular flexibility index (Phi) is 6.40. The molecule has 0 spiro atoms. The van der Waals surface area contributed by atoms with E-state index in [0.29, 0.717) is 35.9 Å². The van der Waals surface area contributed by atoms with Crippen LogP contribution in [0.4, 0.5) is 5.69 Å². The molecule has 2 aromatic rings. The van der Waals surface area contributed by atoms with Crippen LogP contribution in [0.15, 0.2) is 24.4 Å². The predicted molar refractivity (Wildman–Crippen MR) is 109 cm³/mol. The van der Waals surface area contributed by atoms with E-state index in [1.165, 1.54) is 22.9 Å². The first kappa shape index (κ1) is 21.4. The molecule has 2 heterocycles. The number of anilines is 1. The highest BCUT2D eigenvalue weighted by atomic mass is 16.4. The lowest BCUT2D eigenvalue weighted by atomic mass is 9.93. The Morgan fingerprint density at radius 1 is 1.17 bits per heavy atom. The molecule has 0 unspecified atom stereocenters. The lowest BCUT2D eigenvalue weighted by Gasteiger charge is -2.35. The monoisotopic (exact) mass is 412 g/mol. The number of carboxylic acids is 1. The minimum atomic E-state index is -1.22. The third-order valence-corrected chi connectivity index (χ3v) is 5.55. The van der Waals surface area contributed by atoms with Gasteiger partial charge in [0, 0.05) is 31.5 Å². The van der Waals surface area contributed by atoms with Crippen molar-refractivity contribution in [2.24, 2.45) is 11.7 Å². The molecule has 1 aliphatic rings. The van der Waals surface area contributed by atoms with Gasteiger partial charge in [-0.15, -0.1) is 0 Å². The van der Waals surface area contributed by atoms with Crippen LogP contribution >= 0.6 is 0 Å². The molecule has 1 aromatic heterocycles. The third-order valence-electron chi connectivity index (χ3n) is 5.55. The van der Waals surface area contributed by atoms with Crippen molar-refractivity contribution in [3.8, 4) is 11.8 Å². The van der Waals surface area contributed by atoms with Gasteiger partial charge in [0.2, 0.25) is 0 Å². The molecule has 3 rings (SSSR count). The number of aromatic carboxylic acids is 1. The number of carbonyl (C=O) groups is 2. The SMILES string of the molecule is N#Cc1cc(C(=O)O)n(-c2cc(N3CCC(CCO)CC3)c(C(N)=O)cc2CO)c1. The number of carboxylic acid groups (broad SMARTS) is 1. The lowest BCUT2D eigenvalue weighted by molar-refractivity contribution is 0.0687. The highest BCUT2D eigenvalue weighted by molar-refractivity contribution is 5.99. The number of rotatable bonds is 7. The lowest BCUT2D eigenvalue weighted by Crippen LogP contribution is -2.35. The second-order valence-electron chi connectivity index (χ2n) is 7.36. The zero-order valence-corrected chi connectivity index (χ0v) is 16.4. The van der Waals surface area contributed by atoms with Crippen LogP contribution in [0.1, 0.15) is 51.2 Å². The summed E-state index contributed by atoms with van der Waals surface area (Å²) in [6.45, 7) is 1.01. The number of aromatic nitrogens is 1. The fourth-order valence-electron chi connectivity index (χ4n) is 3.97. The van der Waals surface area contributed by atoms with E-state index in [0.717, 1.165) is 19.3 Å². The topological polar surface area (TPSA) is 153 Å². The Morgan fingerprint density at radius 2 is 1.87 bits per heavy atom. The van der Waals surface area contributed by atoms with E-state index in [1.807, 2.05) is 11.0 Å². The molecule has 1 aliphatic heterocycles. The standard InChI is InChI=1S/C21H24N4O5/c22-10-14-7-19(21(29)30)25(11-14)17-9-18(16(20(23)28)8-15(17)12-27)24-4-1-13(2-5-24)3-6-26/h7-9,11,13,26-27H,1-6,12H2,(H2,23,28)(H,29,30). The molecule has 1 aromatic carbocycles. The number of nitriles is 1. The van der Waals surface area contributed by atoms with Gasteiger partial charge in [-0.05, 0) is 43.4 Å². The fraction of sp³-hybridized carbons (Fsp3) is 0.381. The first-order valence-electron chi connectivity index (χ1n) is 9.69. The van der Waals surface area contributed by atoms with Crippen LogP contribution in [0.2, 0.25) is 0 Å². The van der Waals surface area contributed by atoms with E-state index in [-0.39, 0.29) is 23.4 Å². The molecule has 158 valence electrons. The van der Waals surface area contributed by atoms with Crippen molar-refractivity contribution in [2.75, 3.05) is 24.6 Å². The summed E-state index contributed by atoms with van der Waals surface area (Å²) in [6.07, 6.45) is 3.81. The number of primary amides is 1. The van der Waals surface area contributed by atoms with E-state index in [2.05, 4.69) is 0 Å². The quantitative estimate of drug-likeness (QED) is 0.533. The van der Waals surface area contributed by atoms with Crippen molar-refractivity contribution in [2.45, 2.75) is 25.9 Å². The molecule has 1 amide bonds. The van der Waals surface area contributed by atoms with Gasteiger partial charge in [0.25, 0.3) is 5.91 Å². The van der Waals surface area contributed by atoms with E-state index in [1.54, 1.807) is 6.07 Å². The molecule has 9 heteroatoms. The zero-order chi connectivity index (χ0) is 21.8. The van der Waals surface area contributed by atoms with Crippen LogP contribution in [0, 0.1) is 17.2 Å². The molecule has 0 bridgehead atoms. The van der Waals surface area contributed by atoms with Gasteiger partial charge >= 0.3 is 5.97 Å². The van der Waals surface area contributed by atoms with Crippen LogP contribution in [0.5, 0.6) is 0 Å². The average Bonchev–Trinajstić information content (AvgIpc) is 3.18. The fourth-order valence-corrected chi connectivity index (χ4v) is 3.97. The van der Waals surface area contributed by atoms with E-state index < -0.39 is 18.5 Å². The number of nitrogens with zero attached hydrogens (tertiary/aromatic N) is 3. The van der Waals surface area contributed by atoms with Crippen molar-refractivity contribution >= 4 is 17.6 Å². The van der Waals surface area contributed by atoms with Crippen LogP contribution in [-0.2, 0) is 6.61 Å². The van der Waals surface area contributed by atoms with Gasteiger partial charge in [-0.1, -0.05) is 0 Å². The van der Waals surface area contributed by atoms with Gasteiger partial charge in [0.15, 0.2) is 0 Å². The van der Waals surface area contributed by atoms with Crippen LogP contribution in [-0.4, -0.2) is 51.5 Å². The Labute approximate surface area is 173 Å². The van der Waals surface area contributed by atoms with Gasteiger partial charge in [0.1, 0.15) is 11.8 Å². The molecule has 0 atom stereocenters. The number of hydrogen-bond acceptors (Lipinski definition) is 6. The van der Waals surface area contributed by atoms with Crippen molar-refractivity contribution in [1.82, 2.24) is 4.57 Å². The van der Waals surface area contributed by atoms with Gasteiger partial charge in [-0.25, -0.2) is 4.79 Å². The normalized spacial score (nSPS) is 14.5. The first-order valence-corrected chi connectivity index (χ1v) is 9.69. The van der Waals surface area contributed by atoms with Gasteiger partial charge in [-0.3, -0.25) is 4.79 Å². The summed E-state index contributed by atoms with van der Waals surface area (Å²) in [4.78, 5) is 25.8. The van der Waals surface area contributed by atoms with Crippen molar-refractivity contribution in [1.29, 1.82) is 5.26 Å². The van der Waals surface area contributed by atoms with Crippen LogP contribution < -0.4 is 10.6 Å². The summed E-state index contributed by atoms with van der Waals surface area (Å²) in [5.74, 6) is -1.46. The maximum Gasteiger partial charge on any atom is 0.352 e. The van der Waals surface area contributed by atoms with Gasteiger partial charge < -0.3 is 30.5 Å². The Morgan fingerprint density at radius 3 is 2.40 bits per heavy atom. The van der Waals surface area contributed by atoms with Crippen LogP contribution in [0.25, 0.3) is 5.69 Å². The molecule has 0 saturated carbocycles. The second-order valence-corrected chi connectivity index (χ2v) is 7.36. The Balaban J connectivity index is 2.11. The van der Waals surface area contributed by atoms with Gasteiger partial charge in [0.05, 0.1) is 29.1 Å². The molecule has 1 fully saturated rings. The molecule has 30 heavy (non-hydrogen) atoms. The molecular formula is C21H24N4O5. The number of nitrogens with two attached hydrogens (primary N) is 1. The number of aliphatic hydroxyl groups is 2. The molecule has 5 N–H and O–H groups in total. The average molecular weight is 412 g/mol. The van der Waals surface area contributed by atoms with E-state index in [4.69, 9.17) is 10.8 Å². The third kappa shape index (κ3) is 4.15. The second kappa shape index (κ2) is 8.98. The number of benzene rings is 1. The van der Waals surface area contributed by atoms with E-state index >= 15 is 0 Å². The van der Waals surface area contributed by atoms with Crippen molar-refractivity contribution in [3.05, 3.63) is 46.8 Å². The largest absolute Gasteiger partial charge is 0.477 e. The summed E-state index contributed by atoms with van der Waals surface area (Å²) in [7, 11) is 0. The Bertz CT molecular complexity index is 1000. The molecular weight excluding hydrogens is 388 g/mol. The smallest absolute Gasteiger partial charge is 0.352 e. The maximum absolute atomic E-state index is 12.1. The van der Waals surface area contributed by atoms with Crippen LogP contribution in [0.3, 0.4) is 0 Å². The summed E-state index contributed by atoms with van der Waals surface area (Å²) in [5.41, 5.74) is 7.13. The summed E-state index contributed by atoms with van der Waals surface area (Å²) >= 11 is 0. The molecule has 9 nitrogen and oxygen atoms in total. The number of hydrogen-bond donors (Lipinski definition) is 4. The predicted octanol–water partition coefficient (Wildman–Crippen LogP) is 1.24. The number of aliphatic hydroxyl groups excluding tert-OH is 2. The number of piperidine rings is 1. The molecule has 0 radical (unpaired) electrons. The number of amides is 1. The number of carbonyl (C=O) groups excluding carboxylic acids is 1. The summed E-state index contributed by atoms with van der Waals surface area (Å²) in [5, 5.41) is 37.7. The van der Waals surface area contributed by atoms with Crippen molar-refractivity contribution < 1.29 is 24.9 Å². The molecule has 0 aliphatic carbocycles. The highest BCUT2D eigenvalue weighted by Gasteiger charge is 2.25. The minimum Gasteiger partial charge on any atom is -0.477 e. The highest BCUT2D eigenvalue weighted by Crippen LogP contribution is 2.32. The summed E-state index contributed by atoms with van der Waals surface area (Å²) in [6, 6.07) is 6.30. The first-order chi connectivity index (χ1) is 14.4. The Hall–Kier alpha value is -3.35. The van der Waals surface area contributed by atoms with Gasteiger partial charge in [-0.2, -0.15) is 5.26 Å². The minimum absolute atomic E-state index is 0.124. The summed E-state index contributed by atoms with van der Waals surface area (Å²) < 4.78 is 1.33.